The number of hydrogen-bond acceptors (Lipinski definition) is 3. The molecule has 2 aromatic rings. The van der Waals surface area contributed by atoms with Crippen LogP contribution in [0.15, 0.2) is 24.3 Å². The fourth-order valence-electron chi connectivity index (χ4n) is 1.58. The summed E-state index contributed by atoms with van der Waals surface area (Å²) in [5.41, 5.74) is 1.50. The maximum absolute atomic E-state index is 13.5. The number of nitrogens with zero attached hydrogens (tertiary/aromatic N) is 1. The van der Waals surface area contributed by atoms with Gasteiger partial charge in [-0.15, -0.1) is 0 Å². The summed E-state index contributed by atoms with van der Waals surface area (Å²) in [5.74, 6) is 0.600. The number of halogens is 1. The Labute approximate surface area is 98.8 Å². The van der Waals surface area contributed by atoms with Crippen LogP contribution in [0.25, 0.3) is 11.3 Å². The molecule has 17 heavy (non-hydrogen) atoms. The smallest absolute Gasteiger partial charge is 0.165 e. The Kier molecular flexibility index (Phi) is 3.27. The second kappa shape index (κ2) is 4.86. The molecule has 0 aliphatic heterocycles. The number of anilines is 1. The van der Waals surface area contributed by atoms with Gasteiger partial charge in [0.1, 0.15) is 5.82 Å². The van der Waals surface area contributed by atoms with E-state index in [1.165, 1.54) is 13.2 Å². The van der Waals surface area contributed by atoms with E-state index in [0.717, 1.165) is 23.6 Å². The summed E-state index contributed by atoms with van der Waals surface area (Å²) in [6, 6.07) is 6.64. The molecule has 0 aliphatic rings. The number of nitrogens with one attached hydrogen (secondary N) is 2. The lowest BCUT2D eigenvalue weighted by Crippen LogP contribution is -1.95. The first-order valence-electron chi connectivity index (χ1n) is 5.37. The van der Waals surface area contributed by atoms with E-state index in [2.05, 4.69) is 15.5 Å². The molecule has 0 atom stereocenters. The van der Waals surface area contributed by atoms with Crippen LogP contribution < -0.4 is 10.1 Å². The molecule has 0 aliphatic carbocycles. The Bertz CT molecular complexity index is 510. The van der Waals surface area contributed by atoms with E-state index >= 15 is 0 Å². The van der Waals surface area contributed by atoms with E-state index < -0.39 is 0 Å². The first-order valence-corrected chi connectivity index (χ1v) is 5.37. The van der Waals surface area contributed by atoms with Crippen LogP contribution in [0.1, 0.15) is 6.92 Å². The van der Waals surface area contributed by atoms with Crippen molar-refractivity contribution in [2.24, 2.45) is 0 Å². The van der Waals surface area contributed by atoms with Crippen molar-refractivity contribution in [3.8, 4) is 17.0 Å². The standard InChI is InChI=1S/C12H14FN3O/c1-3-14-12-7-10(15-16-12)8-4-5-11(17-2)9(13)6-8/h4-7H,3H2,1-2H3,(H2,14,15,16). The van der Waals surface area contributed by atoms with Crippen LogP contribution in [0.5, 0.6) is 5.75 Å². The lowest BCUT2D eigenvalue weighted by molar-refractivity contribution is 0.386. The van der Waals surface area contributed by atoms with Crippen LogP contribution in [0, 0.1) is 5.82 Å². The Morgan fingerprint density at radius 2 is 2.24 bits per heavy atom. The molecule has 1 aromatic carbocycles. The molecule has 4 nitrogen and oxygen atoms in total. The predicted molar refractivity (Wildman–Crippen MR) is 64.7 cm³/mol. The van der Waals surface area contributed by atoms with Gasteiger partial charge in [0.2, 0.25) is 0 Å². The quantitative estimate of drug-likeness (QED) is 0.856. The summed E-state index contributed by atoms with van der Waals surface area (Å²) < 4.78 is 18.4. The third-order valence-electron chi connectivity index (χ3n) is 2.40. The summed E-state index contributed by atoms with van der Waals surface area (Å²) >= 11 is 0. The van der Waals surface area contributed by atoms with Crippen LogP contribution >= 0.6 is 0 Å². The molecule has 0 saturated carbocycles. The van der Waals surface area contributed by atoms with E-state index in [1.807, 2.05) is 13.0 Å². The van der Waals surface area contributed by atoms with Gasteiger partial charge < -0.3 is 10.1 Å². The van der Waals surface area contributed by atoms with Crippen molar-refractivity contribution in [3.63, 3.8) is 0 Å². The van der Waals surface area contributed by atoms with Crippen molar-refractivity contribution in [2.45, 2.75) is 6.92 Å². The molecular formula is C12H14FN3O. The first-order chi connectivity index (χ1) is 8.24. The molecule has 0 amide bonds. The van der Waals surface area contributed by atoms with E-state index in [9.17, 15) is 4.39 Å². The van der Waals surface area contributed by atoms with Gasteiger partial charge in [0.15, 0.2) is 11.6 Å². The summed E-state index contributed by atoms with van der Waals surface area (Å²) in [6.07, 6.45) is 0. The van der Waals surface area contributed by atoms with Gasteiger partial charge in [-0.3, -0.25) is 5.10 Å². The number of benzene rings is 1. The molecule has 0 fully saturated rings. The minimum absolute atomic E-state index is 0.236. The molecular weight excluding hydrogens is 221 g/mol. The Morgan fingerprint density at radius 3 is 2.88 bits per heavy atom. The van der Waals surface area contributed by atoms with Crippen LogP contribution in [0.4, 0.5) is 10.2 Å². The van der Waals surface area contributed by atoms with Gasteiger partial charge in [-0.1, -0.05) is 0 Å². The van der Waals surface area contributed by atoms with Crippen molar-refractivity contribution < 1.29 is 9.13 Å². The molecule has 0 bridgehead atoms. The van der Waals surface area contributed by atoms with Crippen molar-refractivity contribution in [1.82, 2.24) is 10.2 Å². The lowest BCUT2D eigenvalue weighted by Gasteiger charge is -2.03. The number of ether oxygens (including phenoxy) is 1. The normalized spacial score (nSPS) is 10.3. The third kappa shape index (κ3) is 2.38. The Hall–Kier alpha value is -2.04. The molecule has 2 N–H and O–H groups in total. The SMILES string of the molecule is CCNc1cc(-c2ccc(OC)c(F)c2)[nH]n1. The van der Waals surface area contributed by atoms with Gasteiger partial charge in [0, 0.05) is 18.2 Å². The zero-order valence-electron chi connectivity index (χ0n) is 9.75. The maximum atomic E-state index is 13.5. The second-order valence-corrected chi connectivity index (χ2v) is 3.55. The molecule has 2 rings (SSSR count). The zero-order valence-corrected chi connectivity index (χ0v) is 9.75. The monoisotopic (exact) mass is 235 g/mol. The average Bonchev–Trinajstić information content (AvgIpc) is 2.78. The summed E-state index contributed by atoms with van der Waals surface area (Å²) in [7, 11) is 1.44. The van der Waals surface area contributed by atoms with E-state index in [-0.39, 0.29) is 11.6 Å². The van der Waals surface area contributed by atoms with E-state index in [4.69, 9.17) is 4.74 Å². The zero-order chi connectivity index (χ0) is 12.3. The number of H-pyrrole nitrogens is 1. The lowest BCUT2D eigenvalue weighted by atomic mass is 10.1. The molecule has 1 heterocycles. The van der Waals surface area contributed by atoms with Crippen molar-refractivity contribution in [2.75, 3.05) is 19.0 Å². The Balaban J connectivity index is 2.29. The van der Waals surface area contributed by atoms with E-state index in [0.29, 0.717) is 0 Å². The van der Waals surface area contributed by atoms with Crippen LogP contribution in [-0.2, 0) is 0 Å². The summed E-state index contributed by atoms with van der Waals surface area (Å²) in [5, 5.41) is 9.99. The first kappa shape index (κ1) is 11.4. The van der Waals surface area contributed by atoms with Crippen molar-refractivity contribution >= 4 is 5.82 Å². The van der Waals surface area contributed by atoms with Gasteiger partial charge in [-0.05, 0) is 25.1 Å². The minimum Gasteiger partial charge on any atom is -0.494 e. The predicted octanol–water partition coefficient (Wildman–Crippen LogP) is 2.66. The van der Waals surface area contributed by atoms with Crippen molar-refractivity contribution in [1.29, 1.82) is 0 Å². The second-order valence-electron chi connectivity index (χ2n) is 3.55. The largest absolute Gasteiger partial charge is 0.494 e. The highest BCUT2D eigenvalue weighted by molar-refractivity contribution is 5.63. The number of aromatic nitrogens is 2. The molecule has 0 unspecified atom stereocenters. The highest BCUT2D eigenvalue weighted by atomic mass is 19.1. The van der Waals surface area contributed by atoms with Crippen LogP contribution in [0.2, 0.25) is 0 Å². The average molecular weight is 235 g/mol. The van der Waals surface area contributed by atoms with Gasteiger partial charge in [-0.25, -0.2) is 4.39 Å². The van der Waals surface area contributed by atoms with Crippen LogP contribution in [-0.4, -0.2) is 23.9 Å². The molecule has 0 radical (unpaired) electrons. The topological polar surface area (TPSA) is 49.9 Å². The number of aromatic amines is 1. The number of rotatable bonds is 4. The number of methoxy groups -OCH3 is 1. The van der Waals surface area contributed by atoms with Gasteiger partial charge in [0.25, 0.3) is 0 Å². The fourth-order valence-corrected chi connectivity index (χ4v) is 1.58. The molecule has 0 saturated heterocycles. The van der Waals surface area contributed by atoms with E-state index in [1.54, 1.807) is 12.1 Å². The summed E-state index contributed by atoms with van der Waals surface area (Å²) in [6.45, 7) is 2.78. The van der Waals surface area contributed by atoms with Gasteiger partial charge in [-0.2, -0.15) is 5.10 Å². The van der Waals surface area contributed by atoms with Gasteiger partial charge >= 0.3 is 0 Å². The molecule has 90 valence electrons. The van der Waals surface area contributed by atoms with Gasteiger partial charge in [0.05, 0.1) is 12.8 Å². The molecule has 1 aromatic heterocycles. The highest BCUT2D eigenvalue weighted by Crippen LogP contribution is 2.25. The number of hydrogen-bond donors (Lipinski definition) is 2. The third-order valence-corrected chi connectivity index (χ3v) is 2.40. The summed E-state index contributed by atoms with van der Waals surface area (Å²) in [4.78, 5) is 0. The van der Waals surface area contributed by atoms with Crippen molar-refractivity contribution in [3.05, 3.63) is 30.1 Å². The van der Waals surface area contributed by atoms with Crippen LogP contribution in [0.3, 0.4) is 0 Å². The highest BCUT2D eigenvalue weighted by Gasteiger charge is 2.07. The fraction of sp³-hybridized carbons (Fsp3) is 0.250. The molecule has 0 spiro atoms. The minimum atomic E-state index is -0.385. The maximum Gasteiger partial charge on any atom is 0.165 e. The molecule has 5 heteroatoms. The Morgan fingerprint density at radius 1 is 1.41 bits per heavy atom.